The third-order valence-electron chi connectivity index (χ3n) is 5.86. The maximum atomic E-state index is 12.1. The lowest BCUT2D eigenvalue weighted by Gasteiger charge is -2.07. The van der Waals surface area contributed by atoms with E-state index in [0.717, 1.165) is 13.0 Å². The van der Waals surface area contributed by atoms with Gasteiger partial charge in [0.15, 0.2) is 11.5 Å². The molecule has 0 saturated carbocycles. The van der Waals surface area contributed by atoms with Crippen LogP contribution < -0.4 is 11.1 Å². The molecular formula is C24H42N6O. The van der Waals surface area contributed by atoms with Crippen LogP contribution >= 0.6 is 0 Å². The highest BCUT2D eigenvalue weighted by Gasteiger charge is 2.09. The number of imidazole rings is 1. The van der Waals surface area contributed by atoms with Crippen LogP contribution in [0.5, 0.6) is 0 Å². The number of nitrogens with two attached hydrogens (primary N) is 1. The van der Waals surface area contributed by atoms with Gasteiger partial charge in [-0.05, 0) is 6.42 Å². The molecule has 0 aliphatic heterocycles. The number of unbranched alkanes of at least 4 members (excludes halogenated alkanes) is 13. The average molecular weight is 431 g/mol. The Hall–Kier alpha value is -2.18. The molecule has 31 heavy (non-hydrogen) atoms. The quantitative estimate of drug-likeness (QED) is 0.309. The number of nitrogen functional groups attached to an aromatic ring is 1. The van der Waals surface area contributed by atoms with Crippen LogP contribution in [0.15, 0.2) is 12.7 Å². The normalized spacial score (nSPS) is 11.3. The van der Waals surface area contributed by atoms with Gasteiger partial charge in [0.2, 0.25) is 5.91 Å². The van der Waals surface area contributed by atoms with Gasteiger partial charge < -0.3 is 15.6 Å². The molecule has 0 unspecified atom stereocenters. The third kappa shape index (κ3) is 10.1. The van der Waals surface area contributed by atoms with Crippen molar-refractivity contribution in [2.24, 2.45) is 0 Å². The van der Waals surface area contributed by atoms with E-state index in [1.165, 1.54) is 89.8 Å². The summed E-state index contributed by atoms with van der Waals surface area (Å²) in [5, 5.41) is 3.02. The van der Waals surface area contributed by atoms with Crippen LogP contribution in [0.25, 0.3) is 11.2 Å². The fourth-order valence-electron chi connectivity index (χ4n) is 3.92. The van der Waals surface area contributed by atoms with Gasteiger partial charge in [-0.15, -0.1) is 0 Å². The number of nitrogens with zero attached hydrogens (tertiary/aromatic N) is 4. The van der Waals surface area contributed by atoms with Gasteiger partial charge in [0.1, 0.15) is 11.8 Å². The lowest BCUT2D eigenvalue weighted by molar-refractivity contribution is -0.121. The lowest BCUT2D eigenvalue weighted by atomic mass is 10.0. The second kappa shape index (κ2) is 15.6. The molecule has 0 saturated heterocycles. The van der Waals surface area contributed by atoms with E-state index in [4.69, 9.17) is 5.73 Å². The summed E-state index contributed by atoms with van der Waals surface area (Å²) < 4.78 is 1.85. The Morgan fingerprint density at radius 2 is 1.45 bits per heavy atom. The summed E-state index contributed by atoms with van der Waals surface area (Å²) >= 11 is 0. The first kappa shape index (κ1) is 25.1. The molecule has 0 spiro atoms. The SMILES string of the molecule is CCCCCCCCCCCCCCCCNC(=O)CCn1cnc2c(N)ncnc21. The largest absolute Gasteiger partial charge is 0.382 e. The Morgan fingerprint density at radius 1 is 0.871 bits per heavy atom. The van der Waals surface area contributed by atoms with Gasteiger partial charge in [-0.2, -0.15) is 0 Å². The highest BCUT2D eigenvalue weighted by molar-refractivity contribution is 5.81. The molecule has 0 atom stereocenters. The summed E-state index contributed by atoms with van der Waals surface area (Å²) in [6, 6.07) is 0. The van der Waals surface area contributed by atoms with Crippen molar-refractivity contribution in [2.45, 2.75) is 110 Å². The Bertz CT molecular complexity index is 745. The topological polar surface area (TPSA) is 98.7 Å². The molecule has 0 fully saturated rings. The van der Waals surface area contributed by atoms with Crippen LogP contribution in [-0.2, 0) is 11.3 Å². The zero-order valence-corrected chi connectivity index (χ0v) is 19.4. The number of carbonyl (C=O) groups excluding carboxylic acids is 1. The summed E-state index contributed by atoms with van der Waals surface area (Å²) in [7, 11) is 0. The van der Waals surface area contributed by atoms with Crippen molar-refractivity contribution in [3.05, 3.63) is 12.7 Å². The molecule has 2 aromatic rings. The maximum absolute atomic E-state index is 12.1. The number of amides is 1. The van der Waals surface area contributed by atoms with Gasteiger partial charge in [-0.3, -0.25) is 4.79 Å². The predicted octanol–water partition coefficient (Wildman–Crippen LogP) is 5.40. The van der Waals surface area contributed by atoms with Crippen LogP contribution in [0.3, 0.4) is 0 Å². The molecule has 7 heteroatoms. The molecule has 3 N–H and O–H groups in total. The van der Waals surface area contributed by atoms with E-state index in [9.17, 15) is 4.79 Å². The zero-order chi connectivity index (χ0) is 22.2. The number of nitrogens with one attached hydrogen (secondary N) is 1. The minimum absolute atomic E-state index is 0.0681. The highest BCUT2D eigenvalue weighted by Crippen LogP contribution is 2.15. The van der Waals surface area contributed by atoms with Crippen LogP contribution in [0.2, 0.25) is 0 Å². The van der Waals surface area contributed by atoms with Gasteiger partial charge in [0, 0.05) is 19.5 Å². The Morgan fingerprint density at radius 3 is 2.06 bits per heavy atom. The van der Waals surface area contributed by atoms with Gasteiger partial charge in [-0.25, -0.2) is 15.0 Å². The van der Waals surface area contributed by atoms with Crippen molar-refractivity contribution < 1.29 is 4.79 Å². The van der Waals surface area contributed by atoms with E-state index in [1.54, 1.807) is 6.33 Å². The van der Waals surface area contributed by atoms with Crippen molar-refractivity contribution in [3.8, 4) is 0 Å². The van der Waals surface area contributed by atoms with Crippen LogP contribution in [0, 0.1) is 0 Å². The van der Waals surface area contributed by atoms with Crippen LogP contribution in [0.4, 0.5) is 5.82 Å². The van der Waals surface area contributed by atoms with Crippen LogP contribution in [-0.4, -0.2) is 32.0 Å². The van der Waals surface area contributed by atoms with E-state index in [1.807, 2.05) is 4.57 Å². The molecule has 174 valence electrons. The zero-order valence-electron chi connectivity index (χ0n) is 19.4. The number of anilines is 1. The molecule has 0 bridgehead atoms. The Labute approximate surface area is 187 Å². The fraction of sp³-hybridized carbons (Fsp3) is 0.750. The first-order valence-corrected chi connectivity index (χ1v) is 12.4. The fourth-order valence-corrected chi connectivity index (χ4v) is 3.92. The molecule has 2 heterocycles. The average Bonchev–Trinajstić information content (AvgIpc) is 3.19. The number of rotatable bonds is 18. The number of hydrogen-bond acceptors (Lipinski definition) is 5. The molecule has 0 aliphatic carbocycles. The summed E-state index contributed by atoms with van der Waals surface area (Å²) in [6.07, 6.45) is 22.3. The first-order chi connectivity index (χ1) is 15.2. The number of fused-ring (bicyclic) bond motifs is 1. The molecule has 2 aromatic heterocycles. The number of aromatic nitrogens is 4. The Balaban J connectivity index is 1.39. The minimum atomic E-state index is 0.0681. The molecule has 7 nitrogen and oxygen atoms in total. The summed E-state index contributed by atoms with van der Waals surface area (Å²) in [6.45, 7) is 3.57. The van der Waals surface area contributed by atoms with E-state index in [-0.39, 0.29) is 5.91 Å². The third-order valence-corrected chi connectivity index (χ3v) is 5.86. The van der Waals surface area contributed by atoms with Gasteiger partial charge in [0.05, 0.1) is 6.33 Å². The van der Waals surface area contributed by atoms with Gasteiger partial charge in [0.25, 0.3) is 0 Å². The summed E-state index contributed by atoms with van der Waals surface area (Å²) in [5.74, 6) is 0.435. The highest BCUT2D eigenvalue weighted by atomic mass is 16.1. The number of hydrogen-bond donors (Lipinski definition) is 2. The molecule has 0 aliphatic rings. The minimum Gasteiger partial charge on any atom is -0.382 e. The molecular weight excluding hydrogens is 388 g/mol. The van der Waals surface area contributed by atoms with E-state index in [0.29, 0.717) is 29.9 Å². The van der Waals surface area contributed by atoms with Crippen molar-refractivity contribution in [1.82, 2.24) is 24.8 Å². The molecule has 2 rings (SSSR count). The Kier molecular flexibility index (Phi) is 12.6. The van der Waals surface area contributed by atoms with E-state index in [2.05, 4.69) is 27.2 Å². The molecule has 1 amide bonds. The summed E-state index contributed by atoms with van der Waals surface area (Å²) in [4.78, 5) is 24.4. The van der Waals surface area contributed by atoms with Crippen LogP contribution in [0.1, 0.15) is 103 Å². The second-order valence-electron chi connectivity index (χ2n) is 8.57. The summed E-state index contributed by atoms with van der Waals surface area (Å²) in [5.41, 5.74) is 7.05. The monoisotopic (exact) mass is 430 g/mol. The van der Waals surface area contributed by atoms with Crippen molar-refractivity contribution >= 4 is 22.9 Å². The van der Waals surface area contributed by atoms with Gasteiger partial charge in [-0.1, -0.05) is 90.4 Å². The van der Waals surface area contributed by atoms with Gasteiger partial charge >= 0.3 is 0 Å². The predicted molar refractivity (Wildman–Crippen MR) is 128 cm³/mol. The van der Waals surface area contributed by atoms with Crippen molar-refractivity contribution in [1.29, 1.82) is 0 Å². The second-order valence-corrected chi connectivity index (χ2v) is 8.57. The van der Waals surface area contributed by atoms with Crippen molar-refractivity contribution in [2.75, 3.05) is 12.3 Å². The standard InChI is InChI=1S/C24H42N6O/c1-2-3-4-5-6-7-8-9-10-11-12-13-14-15-17-26-21(31)16-18-30-20-29-22-23(25)27-19-28-24(22)30/h19-20H,2-18H2,1H3,(H,26,31)(H2,25,27,28). The van der Waals surface area contributed by atoms with E-state index < -0.39 is 0 Å². The first-order valence-electron chi connectivity index (χ1n) is 12.4. The van der Waals surface area contributed by atoms with Crippen molar-refractivity contribution in [3.63, 3.8) is 0 Å². The molecule has 0 radical (unpaired) electrons. The smallest absolute Gasteiger partial charge is 0.221 e. The maximum Gasteiger partial charge on any atom is 0.221 e. The molecule has 0 aromatic carbocycles. The number of aryl methyl sites for hydroxylation is 1. The lowest BCUT2D eigenvalue weighted by Crippen LogP contribution is -2.25. The number of carbonyl (C=O) groups is 1. The van der Waals surface area contributed by atoms with E-state index >= 15 is 0 Å².